The molecule has 2 fully saturated rings. The molecule has 0 amide bonds. The Balaban J connectivity index is 2.13. The van der Waals surface area contributed by atoms with E-state index >= 15 is 0 Å². The molecule has 11 heavy (non-hydrogen) atoms. The van der Waals surface area contributed by atoms with Crippen LogP contribution in [0.15, 0.2) is 12.7 Å². The van der Waals surface area contributed by atoms with E-state index in [2.05, 4.69) is 12.7 Å². The molecule has 62 valence electrons. The monoisotopic (exact) mass is 152 g/mol. The maximum atomic E-state index is 5.68. The lowest BCUT2D eigenvalue weighted by atomic mass is 9.80. The Labute approximate surface area is 68.4 Å². The van der Waals surface area contributed by atoms with E-state index in [0.29, 0.717) is 11.5 Å². The number of allylic oxidation sites excluding steroid dienone is 1. The molecule has 1 aliphatic carbocycles. The summed E-state index contributed by atoms with van der Waals surface area (Å²) in [5, 5.41) is 0. The quantitative estimate of drug-likeness (QED) is 0.552. The molecule has 0 aromatic heterocycles. The second-order valence-corrected chi connectivity index (χ2v) is 3.86. The molecule has 1 aliphatic heterocycles. The number of hydrogen-bond acceptors (Lipinski definition) is 1. The number of hydrogen-bond donors (Lipinski definition) is 0. The average molecular weight is 152 g/mol. The van der Waals surface area contributed by atoms with E-state index in [1.807, 2.05) is 0 Å². The summed E-state index contributed by atoms with van der Waals surface area (Å²) < 4.78 is 5.68. The van der Waals surface area contributed by atoms with Crippen LogP contribution in [-0.2, 0) is 4.74 Å². The zero-order valence-electron chi connectivity index (χ0n) is 7.01. The molecule has 2 atom stereocenters. The van der Waals surface area contributed by atoms with Crippen LogP contribution in [0.2, 0.25) is 0 Å². The van der Waals surface area contributed by atoms with E-state index in [1.54, 1.807) is 0 Å². The van der Waals surface area contributed by atoms with Crippen molar-refractivity contribution in [2.75, 3.05) is 6.61 Å². The van der Waals surface area contributed by atoms with E-state index in [1.165, 1.54) is 25.7 Å². The summed E-state index contributed by atoms with van der Waals surface area (Å²) in [6, 6.07) is 0. The zero-order valence-corrected chi connectivity index (χ0v) is 7.01. The molecule has 1 heterocycles. The third-order valence-corrected chi connectivity index (χ3v) is 3.29. The van der Waals surface area contributed by atoms with Crippen LogP contribution in [-0.4, -0.2) is 12.7 Å². The van der Waals surface area contributed by atoms with Crippen molar-refractivity contribution < 1.29 is 4.74 Å². The standard InChI is InChI=1S/C10H16O/c1-2-5-10-6-3-4-9(10)11-8-7-10/h2,9H,1,3-8H2/t9-,10-/m0/s1. The first-order chi connectivity index (χ1) is 5.37. The largest absolute Gasteiger partial charge is 0.378 e. The minimum Gasteiger partial charge on any atom is -0.378 e. The fourth-order valence-corrected chi connectivity index (χ4v) is 2.68. The van der Waals surface area contributed by atoms with Crippen molar-refractivity contribution in [1.82, 2.24) is 0 Å². The summed E-state index contributed by atoms with van der Waals surface area (Å²) >= 11 is 0. The lowest BCUT2D eigenvalue weighted by Crippen LogP contribution is -2.23. The highest BCUT2D eigenvalue weighted by molar-refractivity contribution is 4.99. The maximum Gasteiger partial charge on any atom is 0.0635 e. The Morgan fingerprint density at radius 3 is 3.27 bits per heavy atom. The topological polar surface area (TPSA) is 9.23 Å². The highest BCUT2D eigenvalue weighted by Gasteiger charge is 2.46. The highest BCUT2D eigenvalue weighted by atomic mass is 16.5. The van der Waals surface area contributed by atoms with Crippen LogP contribution >= 0.6 is 0 Å². The van der Waals surface area contributed by atoms with Crippen LogP contribution < -0.4 is 0 Å². The van der Waals surface area contributed by atoms with Gasteiger partial charge in [0.25, 0.3) is 0 Å². The van der Waals surface area contributed by atoms with Crippen LogP contribution in [0, 0.1) is 5.41 Å². The predicted molar refractivity (Wildman–Crippen MR) is 45.5 cm³/mol. The second kappa shape index (κ2) is 2.63. The maximum absolute atomic E-state index is 5.68. The molecule has 1 saturated carbocycles. The molecule has 2 aliphatic rings. The Morgan fingerprint density at radius 1 is 1.55 bits per heavy atom. The SMILES string of the molecule is C=CC[C@@]12CCC[C@@H]1OCC2. The van der Waals surface area contributed by atoms with Gasteiger partial charge in [0.15, 0.2) is 0 Å². The lowest BCUT2D eigenvalue weighted by molar-refractivity contribution is 0.0713. The van der Waals surface area contributed by atoms with Gasteiger partial charge in [0.05, 0.1) is 6.10 Å². The summed E-state index contributed by atoms with van der Waals surface area (Å²) in [5.41, 5.74) is 0.516. The van der Waals surface area contributed by atoms with Crippen LogP contribution in [0.4, 0.5) is 0 Å². The van der Waals surface area contributed by atoms with Gasteiger partial charge in [-0.25, -0.2) is 0 Å². The van der Waals surface area contributed by atoms with E-state index in [-0.39, 0.29) is 0 Å². The van der Waals surface area contributed by atoms with Crippen LogP contribution in [0.5, 0.6) is 0 Å². The molecule has 0 spiro atoms. The minimum absolute atomic E-state index is 0.516. The minimum atomic E-state index is 0.516. The highest BCUT2D eigenvalue weighted by Crippen LogP contribution is 2.49. The number of fused-ring (bicyclic) bond motifs is 1. The molecule has 0 unspecified atom stereocenters. The van der Waals surface area contributed by atoms with Crippen molar-refractivity contribution in [2.24, 2.45) is 5.41 Å². The first kappa shape index (κ1) is 7.35. The Morgan fingerprint density at radius 2 is 2.45 bits per heavy atom. The second-order valence-electron chi connectivity index (χ2n) is 3.86. The fourth-order valence-electron chi connectivity index (χ4n) is 2.68. The van der Waals surface area contributed by atoms with Gasteiger partial charge >= 0.3 is 0 Å². The molecule has 1 nitrogen and oxygen atoms in total. The van der Waals surface area contributed by atoms with Crippen molar-refractivity contribution in [1.29, 1.82) is 0 Å². The molecule has 1 saturated heterocycles. The van der Waals surface area contributed by atoms with Crippen molar-refractivity contribution in [3.05, 3.63) is 12.7 Å². The number of rotatable bonds is 2. The van der Waals surface area contributed by atoms with Crippen molar-refractivity contribution in [2.45, 2.75) is 38.2 Å². The third kappa shape index (κ3) is 1.02. The summed E-state index contributed by atoms with van der Waals surface area (Å²) in [7, 11) is 0. The van der Waals surface area contributed by atoms with E-state index < -0.39 is 0 Å². The van der Waals surface area contributed by atoms with Crippen molar-refractivity contribution in [3.8, 4) is 0 Å². The van der Waals surface area contributed by atoms with Gasteiger partial charge in [-0.2, -0.15) is 0 Å². The van der Waals surface area contributed by atoms with Gasteiger partial charge < -0.3 is 4.74 Å². The normalized spacial score (nSPS) is 42.4. The lowest BCUT2D eigenvalue weighted by Gasteiger charge is -2.25. The molecule has 1 heteroatoms. The summed E-state index contributed by atoms with van der Waals surface area (Å²) in [6.45, 7) is 4.81. The molecular weight excluding hydrogens is 136 g/mol. The van der Waals surface area contributed by atoms with E-state index in [4.69, 9.17) is 4.74 Å². The molecule has 0 N–H and O–H groups in total. The van der Waals surface area contributed by atoms with Crippen molar-refractivity contribution in [3.63, 3.8) is 0 Å². The fraction of sp³-hybridized carbons (Fsp3) is 0.800. The van der Waals surface area contributed by atoms with E-state index in [9.17, 15) is 0 Å². The van der Waals surface area contributed by atoms with E-state index in [0.717, 1.165) is 13.0 Å². The van der Waals surface area contributed by atoms with Crippen LogP contribution in [0.3, 0.4) is 0 Å². The smallest absolute Gasteiger partial charge is 0.0635 e. The van der Waals surface area contributed by atoms with Gasteiger partial charge in [0, 0.05) is 12.0 Å². The zero-order chi connectivity index (χ0) is 7.73. The molecular formula is C10H16O. The summed E-state index contributed by atoms with van der Waals surface area (Å²) in [4.78, 5) is 0. The molecule has 0 aromatic carbocycles. The van der Waals surface area contributed by atoms with Crippen LogP contribution in [0.1, 0.15) is 32.1 Å². The first-order valence-electron chi connectivity index (χ1n) is 4.60. The van der Waals surface area contributed by atoms with Gasteiger partial charge in [-0.15, -0.1) is 6.58 Å². The molecule has 0 bridgehead atoms. The Hall–Kier alpha value is -0.300. The van der Waals surface area contributed by atoms with Gasteiger partial charge in [-0.3, -0.25) is 0 Å². The Bertz CT molecular complexity index is 152. The van der Waals surface area contributed by atoms with Gasteiger partial charge in [-0.1, -0.05) is 12.5 Å². The first-order valence-corrected chi connectivity index (χ1v) is 4.60. The van der Waals surface area contributed by atoms with Gasteiger partial charge in [-0.05, 0) is 25.7 Å². The third-order valence-electron chi connectivity index (χ3n) is 3.29. The number of ether oxygens (including phenoxy) is 1. The molecule has 2 rings (SSSR count). The summed E-state index contributed by atoms with van der Waals surface area (Å²) in [5.74, 6) is 0. The van der Waals surface area contributed by atoms with Gasteiger partial charge in [0.1, 0.15) is 0 Å². The molecule has 0 aromatic rings. The summed E-state index contributed by atoms with van der Waals surface area (Å²) in [6.07, 6.45) is 9.07. The predicted octanol–water partition coefficient (Wildman–Crippen LogP) is 2.52. The average Bonchev–Trinajstić information content (AvgIpc) is 2.45. The Kier molecular flexibility index (Phi) is 1.76. The van der Waals surface area contributed by atoms with Crippen LogP contribution in [0.25, 0.3) is 0 Å². The van der Waals surface area contributed by atoms with Crippen molar-refractivity contribution >= 4 is 0 Å². The van der Waals surface area contributed by atoms with Gasteiger partial charge in [0.2, 0.25) is 0 Å². The molecule has 0 radical (unpaired) electrons.